The molecule has 16 heavy (non-hydrogen) atoms. The van der Waals surface area contributed by atoms with Gasteiger partial charge in [-0.15, -0.1) is 12.4 Å². The van der Waals surface area contributed by atoms with Crippen LogP contribution in [0.1, 0.15) is 19.3 Å². The van der Waals surface area contributed by atoms with E-state index in [0.717, 1.165) is 45.4 Å². The lowest BCUT2D eigenvalue weighted by molar-refractivity contribution is -0.137. The van der Waals surface area contributed by atoms with Crippen molar-refractivity contribution in [3.8, 4) is 0 Å². The molecule has 0 bridgehead atoms. The van der Waals surface area contributed by atoms with Gasteiger partial charge in [-0.3, -0.25) is 4.79 Å². The summed E-state index contributed by atoms with van der Waals surface area (Å²) < 4.78 is 5.29. The van der Waals surface area contributed by atoms with E-state index in [4.69, 9.17) is 4.74 Å². The van der Waals surface area contributed by atoms with E-state index >= 15 is 0 Å². The maximum absolute atomic E-state index is 12.0. The van der Waals surface area contributed by atoms with Crippen molar-refractivity contribution < 1.29 is 9.53 Å². The third-order valence-corrected chi connectivity index (χ3v) is 3.50. The maximum atomic E-state index is 12.0. The lowest BCUT2D eigenvalue weighted by atomic mass is 10.0. The first-order chi connectivity index (χ1) is 7.31. The van der Waals surface area contributed by atoms with Crippen molar-refractivity contribution in [3.05, 3.63) is 0 Å². The summed E-state index contributed by atoms with van der Waals surface area (Å²) in [7, 11) is 1.75. The number of amides is 1. The second-order valence-electron chi connectivity index (χ2n) is 4.45. The summed E-state index contributed by atoms with van der Waals surface area (Å²) in [5.74, 6) is 0.568. The number of carbonyl (C=O) groups is 1. The Hall–Kier alpha value is -0.320. The topological polar surface area (TPSA) is 41.6 Å². The van der Waals surface area contributed by atoms with Crippen LogP contribution in [0.15, 0.2) is 0 Å². The molecule has 1 unspecified atom stereocenters. The smallest absolute Gasteiger partial charge is 0.227 e. The zero-order chi connectivity index (χ0) is 10.7. The average Bonchev–Trinajstić information content (AvgIpc) is 2.82. The number of ether oxygens (including phenoxy) is 1. The number of hydrogen-bond acceptors (Lipinski definition) is 3. The van der Waals surface area contributed by atoms with Crippen molar-refractivity contribution in [2.45, 2.75) is 25.4 Å². The number of nitrogens with zero attached hydrogens (tertiary/aromatic N) is 1. The van der Waals surface area contributed by atoms with Crippen LogP contribution < -0.4 is 5.32 Å². The second-order valence-corrected chi connectivity index (χ2v) is 4.45. The Morgan fingerprint density at radius 3 is 2.50 bits per heavy atom. The van der Waals surface area contributed by atoms with Crippen molar-refractivity contribution in [1.29, 1.82) is 0 Å². The van der Waals surface area contributed by atoms with Gasteiger partial charge in [-0.2, -0.15) is 0 Å². The fourth-order valence-electron chi connectivity index (χ4n) is 2.44. The highest BCUT2D eigenvalue weighted by Gasteiger charge is 2.29. The molecule has 2 fully saturated rings. The molecule has 2 rings (SSSR count). The summed E-state index contributed by atoms with van der Waals surface area (Å²) in [4.78, 5) is 14.0. The Kier molecular flexibility index (Phi) is 5.52. The number of nitrogens with one attached hydrogen (secondary N) is 1. The first-order valence-corrected chi connectivity index (χ1v) is 5.83. The van der Waals surface area contributed by atoms with E-state index in [-0.39, 0.29) is 18.3 Å². The predicted octanol–water partition coefficient (Wildman–Crippen LogP) is 0.655. The predicted molar refractivity (Wildman–Crippen MR) is 64.8 cm³/mol. The molecule has 1 atom stereocenters. The number of halogens is 1. The van der Waals surface area contributed by atoms with Gasteiger partial charge in [-0.05, 0) is 25.8 Å². The quantitative estimate of drug-likeness (QED) is 0.781. The van der Waals surface area contributed by atoms with Crippen LogP contribution in [0.5, 0.6) is 0 Å². The Morgan fingerprint density at radius 2 is 2.00 bits per heavy atom. The molecule has 0 aromatic heterocycles. The van der Waals surface area contributed by atoms with Crippen LogP contribution in [0.3, 0.4) is 0 Å². The molecule has 0 aromatic rings. The van der Waals surface area contributed by atoms with Gasteiger partial charge >= 0.3 is 0 Å². The molecule has 4 nitrogen and oxygen atoms in total. The summed E-state index contributed by atoms with van der Waals surface area (Å²) in [5.41, 5.74) is 0. The van der Waals surface area contributed by atoms with Crippen LogP contribution in [0.2, 0.25) is 0 Å². The van der Waals surface area contributed by atoms with Crippen molar-refractivity contribution in [2.75, 3.05) is 33.3 Å². The van der Waals surface area contributed by atoms with Crippen LogP contribution in [0.25, 0.3) is 0 Å². The maximum Gasteiger partial charge on any atom is 0.227 e. The van der Waals surface area contributed by atoms with Crippen LogP contribution in [-0.2, 0) is 9.53 Å². The van der Waals surface area contributed by atoms with Gasteiger partial charge in [0.25, 0.3) is 0 Å². The molecule has 0 aliphatic carbocycles. The number of rotatable bonds is 2. The molecule has 2 aliphatic heterocycles. The molecule has 0 radical (unpaired) electrons. The van der Waals surface area contributed by atoms with Gasteiger partial charge in [0.15, 0.2) is 0 Å². The van der Waals surface area contributed by atoms with Crippen molar-refractivity contribution in [1.82, 2.24) is 10.2 Å². The molecule has 0 spiro atoms. The van der Waals surface area contributed by atoms with Gasteiger partial charge in [0.1, 0.15) is 0 Å². The van der Waals surface area contributed by atoms with Crippen LogP contribution in [0, 0.1) is 5.92 Å². The highest BCUT2D eigenvalue weighted by molar-refractivity contribution is 5.85. The summed E-state index contributed by atoms with van der Waals surface area (Å²) in [6, 6.07) is 0. The second kappa shape index (κ2) is 6.42. The molecular weight excluding hydrogens is 228 g/mol. The highest BCUT2D eigenvalue weighted by atomic mass is 35.5. The van der Waals surface area contributed by atoms with Crippen molar-refractivity contribution >= 4 is 18.3 Å². The number of carbonyl (C=O) groups excluding carboxylic acids is 1. The Balaban J connectivity index is 0.00000128. The minimum atomic E-state index is 0. The standard InChI is InChI=1S/C11H20N2O2.ClH/c1-15-10-3-6-13(7-4-10)11(14)9-2-5-12-8-9;/h9-10,12H,2-8H2,1H3;1H. The van der Waals surface area contributed by atoms with E-state index in [1.165, 1.54) is 0 Å². The molecule has 2 heterocycles. The largest absolute Gasteiger partial charge is 0.381 e. The average molecular weight is 249 g/mol. The van der Waals surface area contributed by atoms with E-state index in [9.17, 15) is 4.79 Å². The first-order valence-electron chi connectivity index (χ1n) is 5.83. The molecule has 94 valence electrons. The zero-order valence-electron chi connectivity index (χ0n) is 9.78. The van der Waals surface area contributed by atoms with E-state index in [2.05, 4.69) is 5.32 Å². The molecule has 2 saturated heterocycles. The summed E-state index contributed by atoms with van der Waals surface area (Å²) in [6.07, 6.45) is 3.34. The van der Waals surface area contributed by atoms with Crippen molar-refractivity contribution in [2.24, 2.45) is 5.92 Å². The number of piperidine rings is 1. The van der Waals surface area contributed by atoms with Gasteiger partial charge in [-0.25, -0.2) is 0 Å². The Bertz CT molecular complexity index is 224. The first kappa shape index (κ1) is 13.7. The van der Waals surface area contributed by atoms with Crippen LogP contribution in [-0.4, -0.2) is 50.2 Å². The summed E-state index contributed by atoms with van der Waals surface area (Å²) in [5, 5.41) is 3.24. The molecule has 2 aliphatic rings. The van der Waals surface area contributed by atoms with Crippen LogP contribution >= 0.6 is 12.4 Å². The molecule has 1 amide bonds. The van der Waals surface area contributed by atoms with Gasteiger partial charge in [0, 0.05) is 26.7 Å². The Morgan fingerprint density at radius 1 is 1.31 bits per heavy atom. The fourth-order valence-corrected chi connectivity index (χ4v) is 2.44. The van der Waals surface area contributed by atoms with Gasteiger partial charge in [-0.1, -0.05) is 0 Å². The number of likely N-dealkylation sites (tertiary alicyclic amines) is 1. The monoisotopic (exact) mass is 248 g/mol. The lowest BCUT2D eigenvalue weighted by Gasteiger charge is -2.32. The molecule has 5 heteroatoms. The summed E-state index contributed by atoms with van der Waals surface area (Å²) in [6.45, 7) is 3.59. The highest BCUT2D eigenvalue weighted by Crippen LogP contribution is 2.18. The normalized spacial score (nSPS) is 26.6. The van der Waals surface area contributed by atoms with E-state index in [0.29, 0.717) is 12.0 Å². The van der Waals surface area contributed by atoms with E-state index in [1.54, 1.807) is 7.11 Å². The van der Waals surface area contributed by atoms with E-state index in [1.807, 2.05) is 4.90 Å². The minimum absolute atomic E-state index is 0. The van der Waals surface area contributed by atoms with Crippen LogP contribution in [0.4, 0.5) is 0 Å². The molecular formula is C11H21ClN2O2. The third kappa shape index (κ3) is 3.09. The molecule has 1 N–H and O–H groups in total. The van der Waals surface area contributed by atoms with Gasteiger partial charge < -0.3 is 15.0 Å². The SMILES string of the molecule is COC1CCN(C(=O)C2CCNC2)CC1.Cl. The van der Waals surface area contributed by atoms with Gasteiger partial charge in [0.05, 0.1) is 12.0 Å². The lowest BCUT2D eigenvalue weighted by Crippen LogP contribution is -2.43. The zero-order valence-corrected chi connectivity index (χ0v) is 10.6. The number of methoxy groups -OCH3 is 1. The van der Waals surface area contributed by atoms with Crippen molar-refractivity contribution in [3.63, 3.8) is 0 Å². The summed E-state index contributed by atoms with van der Waals surface area (Å²) >= 11 is 0. The van der Waals surface area contributed by atoms with Gasteiger partial charge in [0.2, 0.25) is 5.91 Å². The fraction of sp³-hybridized carbons (Fsp3) is 0.909. The Labute approximate surface area is 103 Å². The minimum Gasteiger partial charge on any atom is -0.381 e. The number of hydrogen-bond donors (Lipinski definition) is 1. The van der Waals surface area contributed by atoms with E-state index < -0.39 is 0 Å². The molecule has 0 saturated carbocycles. The molecule has 0 aromatic carbocycles. The third-order valence-electron chi connectivity index (χ3n) is 3.50.